The topological polar surface area (TPSA) is 29.1 Å². The smallest absolute Gasteiger partial charge is 0.251 e. The first-order chi connectivity index (χ1) is 9.63. The van der Waals surface area contributed by atoms with Crippen molar-refractivity contribution < 1.29 is 9.18 Å². The van der Waals surface area contributed by atoms with Gasteiger partial charge in [-0.15, -0.1) is 0 Å². The van der Waals surface area contributed by atoms with Crippen molar-refractivity contribution in [3.63, 3.8) is 0 Å². The lowest BCUT2D eigenvalue weighted by atomic mass is 10.1. The van der Waals surface area contributed by atoms with Gasteiger partial charge in [0.05, 0.1) is 0 Å². The molecule has 1 aliphatic carbocycles. The molecule has 20 heavy (non-hydrogen) atoms. The van der Waals surface area contributed by atoms with Crippen molar-refractivity contribution in [2.24, 2.45) is 0 Å². The van der Waals surface area contributed by atoms with E-state index in [2.05, 4.69) is 17.4 Å². The zero-order valence-corrected chi connectivity index (χ0v) is 11.3. The second-order valence-electron chi connectivity index (χ2n) is 5.31. The van der Waals surface area contributed by atoms with Gasteiger partial charge in [-0.3, -0.25) is 4.79 Å². The summed E-state index contributed by atoms with van der Waals surface area (Å²) in [4.78, 5) is 12.2. The maximum atomic E-state index is 13.3. The fourth-order valence-corrected chi connectivity index (χ4v) is 2.76. The van der Waals surface area contributed by atoms with Crippen molar-refractivity contribution >= 4 is 5.91 Å². The third-order valence-electron chi connectivity index (χ3n) is 3.83. The number of hydrogen-bond donors (Lipinski definition) is 1. The molecule has 3 heteroatoms. The Morgan fingerprint density at radius 3 is 2.45 bits per heavy atom. The number of halogens is 1. The van der Waals surface area contributed by atoms with Gasteiger partial charge in [0.15, 0.2) is 0 Å². The highest BCUT2D eigenvalue weighted by Crippen LogP contribution is 2.22. The third kappa shape index (κ3) is 2.44. The number of rotatable bonds is 2. The molecule has 1 aliphatic rings. The van der Waals surface area contributed by atoms with E-state index in [4.69, 9.17) is 0 Å². The fourth-order valence-electron chi connectivity index (χ4n) is 2.76. The van der Waals surface area contributed by atoms with Crippen LogP contribution in [0, 0.1) is 12.7 Å². The van der Waals surface area contributed by atoms with Gasteiger partial charge in [0.1, 0.15) is 5.82 Å². The van der Waals surface area contributed by atoms with E-state index >= 15 is 0 Å². The van der Waals surface area contributed by atoms with E-state index in [0.29, 0.717) is 5.56 Å². The minimum Gasteiger partial charge on any atom is -0.349 e. The molecule has 0 aromatic heterocycles. The number of fused-ring (bicyclic) bond motifs is 1. The predicted octanol–water partition coefficient (Wildman–Crippen LogP) is 3.03. The van der Waals surface area contributed by atoms with E-state index in [1.54, 1.807) is 6.07 Å². The van der Waals surface area contributed by atoms with Crippen LogP contribution in [-0.2, 0) is 12.8 Å². The molecule has 0 spiro atoms. The predicted molar refractivity (Wildman–Crippen MR) is 76.2 cm³/mol. The highest BCUT2D eigenvalue weighted by Gasteiger charge is 2.23. The van der Waals surface area contributed by atoms with E-state index in [-0.39, 0.29) is 17.8 Å². The molecule has 0 bridgehead atoms. The van der Waals surface area contributed by atoms with E-state index in [9.17, 15) is 9.18 Å². The van der Waals surface area contributed by atoms with Crippen LogP contribution in [0.25, 0.3) is 0 Å². The molecule has 1 amide bonds. The molecular weight excluding hydrogens is 253 g/mol. The standard InChI is InChI=1S/C17H16FNO/c1-11-6-7-14(18)10-16(11)17(20)19-15-8-12-4-2-3-5-13(12)9-15/h2-7,10,15H,8-9H2,1H3,(H,19,20). The van der Waals surface area contributed by atoms with Crippen LogP contribution in [0.5, 0.6) is 0 Å². The van der Waals surface area contributed by atoms with Crippen molar-refractivity contribution in [3.05, 3.63) is 70.5 Å². The van der Waals surface area contributed by atoms with Gasteiger partial charge in [-0.2, -0.15) is 0 Å². The first-order valence-corrected chi connectivity index (χ1v) is 6.77. The minimum absolute atomic E-state index is 0.0996. The van der Waals surface area contributed by atoms with Crippen LogP contribution >= 0.6 is 0 Å². The van der Waals surface area contributed by atoms with E-state index in [1.165, 1.54) is 23.3 Å². The van der Waals surface area contributed by atoms with Crippen molar-refractivity contribution in [1.82, 2.24) is 5.32 Å². The van der Waals surface area contributed by atoms with Gasteiger partial charge in [-0.25, -0.2) is 4.39 Å². The molecule has 3 rings (SSSR count). The lowest BCUT2D eigenvalue weighted by molar-refractivity contribution is 0.0937. The van der Waals surface area contributed by atoms with E-state index in [1.807, 2.05) is 19.1 Å². The van der Waals surface area contributed by atoms with Crippen LogP contribution < -0.4 is 5.32 Å². The largest absolute Gasteiger partial charge is 0.349 e. The summed E-state index contributed by atoms with van der Waals surface area (Å²) < 4.78 is 13.3. The summed E-state index contributed by atoms with van der Waals surface area (Å²) in [6.45, 7) is 1.82. The summed E-state index contributed by atoms with van der Waals surface area (Å²) in [5.74, 6) is -0.574. The molecule has 1 N–H and O–H groups in total. The molecule has 2 nitrogen and oxygen atoms in total. The Morgan fingerprint density at radius 1 is 1.15 bits per heavy atom. The van der Waals surface area contributed by atoms with E-state index in [0.717, 1.165) is 18.4 Å². The Balaban J connectivity index is 1.74. The summed E-state index contributed by atoms with van der Waals surface area (Å²) >= 11 is 0. The Morgan fingerprint density at radius 2 is 1.80 bits per heavy atom. The highest BCUT2D eigenvalue weighted by molar-refractivity contribution is 5.95. The molecule has 0 radical (unpaired) electrons. The molecule has 0 aliphatic heterocycles. The summed E-state index contributed by atoms with van der Waals surface area (Å²) in [5.41, 5.74) is 3.78. The van der Waals surface area contributed by atoms with Crippen molar-refractivity contribution in [1.29, 1.82) is 0 Å². The zero-order chi connectivity index (χ0) is 14.1. The average Bonchev–Trinajstić information content (AvgIpc) is 2.83. The molecule has 2 aromatic carbocycles. The number of nitrogens with one attached hydrogen (secondary N) is 1. The Hall–Kier alpha value is -2.16. The maximum Gasteiger partial charge on any atom is 0.251 e. The molecule has 2 aromatic rings. The Bertz CT molecular complexity index is 641. The van der Waals surface area contributed by atoms with Crippen LogP contribution in [-0.4, -0.2) is 11.9 Å². The number of carbonyl (C=O) groups excluding carboxylic acids is 1. The second kappa shape index (κ2) is 5.08. The number of carbonyl (C=O) groups is 1. The molecule has 0 fully saturated rings. The summed E-state index contributed by atoms with van der Waals surface area (Å²) in [7, 11) is 0. The first-order valence-electron chi connectivity index (χ1n) is 6.77. The molecule has 0 atom stereocenters. The number of amides is 1. The monoisotopic (exact) mass is 269 g/mol. The molecular formula is C17H16FNO. The molecule has 0 saturated heterocycles. The van der Waals surface area contributed by atoms with Crippen molar-refractivity contribution in [3.8, 4) is 0 Å². The van der Waals surface area contributed by atoms with Gasteiger partial charge < -0.3 is 5.32 Å². The van der Waals surface area contributed by atoms with Crippen molar-refractivity contribution in [2.75, 3.05) is 0 Å². The number of benzene rings is 2. The van der Waals surface area contributed by atoms with Gasteiger partial charge >= 0.3 is 0 Å². The minimum atomic E-state index is -0.379. The molecule has 0 heterocycles. The molecule has 102 valence electrons. The van der Waals surface area contributed by atoms with Crippen LogP contribution in [0.4, 0.5) is 4.39 Å². The highest BCUT2D eigenvalue weighted by atomic mass is 19.1. The quantitative estimate of drug-likeness (QED) is 0.892. The number of aryl methyl sites for hydroxylation is 1. The number of hydrogen-bond acceptors (Lipinski definition) is 1. The van der Waals surface area contributed by atoms with Crippen LogP contribution in [0.15, 0.2) is 42.5 Å². The average molecular weight is 269 g/mol. The van der Waals surface area contributed by atoms with Gasteiger partial charge in [-0.05, 0) is 48.6 Å². The van der Waals surface area contributed by atoms with E-state index < -0.39 is 0 Å². The van der Waals surface area contributed by atoms with Crippen molar-refractivity contribution in [2.45, 2.75) is 25.8 Å². The summed E-state index contributed by atoms with van der Waals surface area (Å²) in [6.07, 6.45) is 1.69. The molecule has 0 saturated carbocycles. The Kier molecular flexibility index (Phi) is 3.26. The SMILES string of the molecule is Cc1ccc(F)cc1C(=O)NC1Cc2ccccc2C1. The van der Waals surface area contributed by atoms with Crippen LogP contribution in [0.3, 0.4) is 0 Å². The summed E-state index contributed by atoms with van der Waals surface area (Å²) in [6, 6.07) is 12.6. The van der Waals surface area contributed by atoms with Gasteiger partial charge in [0, 0.05) is 11.6 Å². The molecule has 0 unspecified atom stereocenters. The van der Waals surface area contributed by atoms with Gasteiger partial charge in [-0.1, -0.05) is 30.3 Å². The maximum absolute atomic E-state index is 13.3. The lowest BCUT2D eigenvalue weighted by Crippen LogP contribution is -2.35. The second-order valence-corrected chi connectivity index (χ2v) is 5.31. The third-order valence-corrected chi connectivity index (χ3v) is 3.83. The first kappa shape index (κ1) is 12.9. The lowest BCUT2D eigenvalue weighted by Gasteiger charge is -2.13. The fraction of sp³-hybridized carbons (Fsp3) is 0.235. The normalized spacial score (nSPS) is 14.1. The van der Waals surface area contributed by atoms with Gasteiger partial charge in [0.25, 0.3) is 5.91 Å². The van der Waals surface area contributed by atoms with Crippen LogP contribution in [0.1, 0.15) is 27.0 Å². The Labute approximate surface area is 117 Å². The zero-order valence-electron chi connectivity index (χ0n) is 11.3. The summed E-state index contributed by atoms with van der Waals surface area (Å²) in [5, 5.41) is 3.00. The van der Waals surface area contributed by atoms with Crippen LogP contribution in [0.2, 0.25) is 0 Å². The van der Waals surface area contributed by atoms with Gasteiger partial charge in [0.2, 0.25) is 0 Å².